The number of ether oxygens (including phenoxy) is 4. The smallest absolute Gasteiger partial charge is 0.293 e. The summed E-state index contributed by atoms with van der Waals surface area (Å²) in [6, 6.07) is 7.77. The molecule has 3 aromatic rings. The van der Waals surface area contributed by atoms with Crippen molar-refractivity contribution in [2.24, 2.45) is 0 Å². The van der Waals surface area contributed by atoms with E-state index in [0.29, 0.717) is 23.7 Å². The molecule has 0 aliphatic heterocycles. The molecule has 3 rings (SSSR count). The minimum absolute atomic E-state index is 0.380. The standard InChI is InChI=1S/C21H24N2O5/c1-12-6-16-20(15(10-22-16)13(2)28-11-24)17(7-12)23-14-8-18(25-3)21(27-5)19(9-14)26-4/h6-11,13,22-23H,1-5H3. The van der Waals surface area contributed by atoms with E-state index in [4.69, 9.17) is 18.9 Å². The number of aromatic amines is 1. The Morgan fingerprint density at radius 3 is 2.29 bits per heavy atom. The van der Waals surface area contributed by atoms with Gasteiger partial charge in [-0.3, -0.25) is 4.79 Å². The maximum atomic E-state index is 10.8. The number of anilines is 2. The highest BCUT2D eigenvalue weighted by Crippen LogP contribution is 2.42. The second-order valence-corrected chi connectivity index (χ2v) is 6.39. The minimum atomic E-state index is -0.380. The Kier molecular flexibility index (Phi) is 5.63. The van der Waals surface area contributed by atoms with Crippen LogP contribution in [0.25, 0.3) is 10.9 Å². The number of nitrogens with one attached hydrogen (secondary N) is 2. The van der Waals surface area contributed by atoms with Crippen molar-refractivity contribution in [3.8, 4) is 17.2 Å². The lowest BCUT2D eigenvalue weighted by Crippen LogP contribution is -2.00. The van der Waals surface area contributed by atoms with Crippen LogP contribution in [0.2, 0.25) is 0 Å². The van der Waals surface area contributed by atoms with Crippen molar-refractivity contribution in [2.45, 2.75) is 20.0 Å². The van der Waals surface area contributed by atoms with Gasteiger partial charge in [0.25, 0.3) is 6.47 Å². The predicted octanol–water partition coefficient (Wildman–Crippen LogP) is 4.48. The van der Waals surface area contributed by atoms with Crippen molar-refractivity contribution < 1.29 is 23.7 Å². The van der Waals surface area contributed by atoms with Crippen LogP contribution in [0.1, 0.15) is 24.2 Å². The summed E-state index contributed by atoms with van der Waals surface area (Å²) in [5.74, 6) is 1.64. The van der Waals surface area contributed by atoms with Crippen LogP contribution < -0.4 is 19.5 Å². The van der Waals surface area contributed by atoms with Crippen LogP contribution in [0.15, 0.2) is 30.5 Å². The summed E-state index contributed by atoms with van der Waals surface area (Å²) in [4.78, 5) is 14.0. The number of hydrogen-bond donors (Lipinski definition) is 2. The summed E-state index contributed by atoms with van der Waals surface area (Å²) >= 11 is 0. The fourth-order valence-electron chi connectivity index (χ4n) is 3.32. The second kappa shape index (κ2) is 8.12. The number of benzene rings is 2. The molecular weight excluding hydrogens is 360 g/mol. The first-order valence-electron chi connectivity index (χ1n) is 8.80. The van der Waals surface area contributed by atoms with Gasteiger partial charge in [0, 0.05) is 46.2 Å². The number of hydrogen-bond acceptors (Lipinski definition) is 6. The van der Waals surface area contributed by atoms with Crippen molar-refractivity contribution in [1.29, 1.82) is 0 Å². The number of carbonyl (C=O) groups is 1. The summed E-state index contributed by atoms with van der Waals surface area (Å²) in [5.41, 5.74) is 4.57. The third kappa shape index (κ3) is 3.55. The Bertz CT molecular complexity index is 971. The number of rotatable bonds is 8. The van der Waals surface area contributed by atoms with Crippen LogP contribution in [0.5, 0.6) is 17.2 Å². The molecule has 148 valence electrons. The zero-order valence-corrected chi connectivity index (χ0v) is 16.6. The van der Waals surface area contributed by atoms with E-state index in [9.17, 15) is 4.79 Å². The fourth-order valence-corrected chi connectivity index (χ4v) is 3.32. The number of carbonyl (C=O) groups excluding carboxylic acids is 1. The molecule has 0 bridgehead atoms. The van der Waals surface area contributed by atoms with E-state index in [1.165, 1.54) is 0 Å². The summed E-state index contributed by atoms with van der Waals surface area (Å²) in [6.07, 6.45) is 1.48. The van der Waals surface area contributed by atoms with E-state index in [-0.39, 0.29) is 6.10 Å². The zero-order valence-electron chi connectivity index (χ0n) is 16.6. The van der Waals surface area contributed by atoms with Crippen molar-refractivity contribution in [3.63, 3.8) is 0 Å². The van der Waals surface area contributed by atoms with Gasteiger partial charge in [-0.15, -0.1) is 0 Å². The molecule has 0 aliphatic carbocycles. The van der Waals surface area contributed by atoms with Crippen LogP contribution in [-0.2, 0) is 9.53 Å². The highest BCUT2D eigenvalue weighted by atomic mass is 16.5. The van der Waals surface area contributed by atoms with Gasteiger partial charge in [-0.05, 0) is 31.5 Å². The normalized spacial score (nSPS) is 11.8. The molecule has 1 aromatic heterocycles. The van der Waals surface area contributed by atoms with Gasteiger partial charge in [-0.25, -0.2) is 0 Å². The lowest BCUT2D eigenvalue weighted by atomic mass is 10.0. The predicted molar refractivity (Wildman–Crippen MR) is 108 cm³/mol. The number of aryl methyl sites for hydroxylation is 1. The molecule has 2 N–H and O–H groups in total. The van der Waals surface area contributed by atoms with Crippen LogP contribution in [-0.4, -0.2) is 32.8 Å². The van der Waals surface area contributed by atoms with Gasteiger partial charge in [-0.2, -0.15) is 0 Å². The maximum Gasteiger partial charge on any atom is 0.293 e. The summed E-state index contributed by atoms with van der Waals surface area (Å²) in [7, 11) is 4.72. The molecule has 0 amide bonds. The van der Waals surface area contributed by atoms with Crippen molar-refractivity contribution in [2.75, 3.05) is 26.6 Å². The molecule has 28 heavy (non-hydrogen) atoms. The summed E-state index contributed by atoms with van der Waals surface area (Å²) in [5, 5.41) is 4.39. The molecule has 1 atom stereocenters. The number of H-pyrrole nitrogens is 1. The topological polar surface area (TPSA) is 81.8 Å². The lowest BCUT2D eigenvalue weighted by molar-refractivity contribution is -0.133. The third-order valence-electron chi connectivity index (χ3n) is 4.60. The molecule has 2 aromatic carbocycles. The molecule has 7 nitrogen and oxygen atoms in total. The average molecular weight is 384 g/mol. The Hall–Kier alpha value is -3.35. The van der Waals surface area contributed by atoms with Gasteiger partial charge in [0.15, 0.2) is 11.5 Å². The van der Waals surface area contributed by atoms with E-state index in [2.05, 4.69) is 10.3 Å². The minimum Gasteiger partial charge on any atom is -0.493 e. The number of aromatic nitrogens is 1. The monoisotopic (exact) mass is 384 g/mol. The lowest BCUT2D eigenvalue weighted by Gasteiger charge is -2.17. The van der Waals surface area contributed by atoms with Gasteiger partial charge in [-0.1, -0.05) is 0 Å². The Labute approximate surface area is 163 Å². The Morgan fingerprint density at radius 2 is 1.71 bits per heavy atom. The molecule has 0 saturated heterocycles. The molecular formula is C21H24N2O5. The van der Waals surface area contributed by atoms with Crippen LogP contribution >= 0.6 is 0 Å². The molecule has 1 unspecified atom stereocenters. The van der Waals surface area contributed by atoms with Crippen molar-refractivity contribution in [3.05, 3.63) is 41.6 Å². The third-order valence-corrected chi connectivity index (χ3v) is 4.60. The van der Waals surface area contributed by atoms with Crippen molar-refractivity contribution >= 4 is 28.7 Å². The van der Waals surface area contributed by atoms with E-state index in [0.717, 1.165) is 33.4 Å². The Morgan fingerprint density at radius 1 is 1.04 bits per heavy atom. The molecule has 0 radical (unpaired) electrons. The summed E-state index contributed by atoms with van der Waals surface area (Å²) < 4.78 is 21.4. The van der Waals surface area contributed by atoms with Gasteiger partial charge >= 0.3 is 0 Å². The van der Waals surface area contributed by atoms with Gasteiger partial charge in [0.1, 0.15) is 6.10 Å². The molecule has 0 saturated carbocycles. The number of methoxy groups -OCH3 is 3. The molecule has 7 heteroatoms. The summed E-state index contributed by atoms with van der Waals surface area (Å²) in [6.45, 7) is 4.32. The fraction of sp³-hybridized carbons (Fsp3) is 0.286. The maximum absolute atomic E-state index is 10.8. The van der Waals surface area contributed by atoms with E-state index < -0.39 is 0 Å². The first kappa shape index (κ1) is 19.4. The first-order valence-corrected chi connectivity index (χ1v) is 8.80. The van der Waals surface area contributed by atoms with Crippen molar-refractivity contribution in [1.82, 2.24) is 4.98 Å². The molecule has 1 heterocycles. The molecule has 0 fully saturated rings. The van der Waals surface area contributed by atoms with E-state index >= 15 is 0 Å². The average Bonchev–Trinajstić information content (AvgIpc) is 3.11. The van der Waals surface area contributed by atoms with Crippen LogP contribution in [0, 0.1) is 6.92 Å². The molecule has 0 aliphatic rings. The largest absolute Gasteiger partial charge is 0.493 e. The first-order chi connectivity index (χ1) is 13.5. The highest BCUT2D eigenvalue weighted by Gasteiger charge is 2.18. The highest BCUT2D eigenvalue weighted by molar-refractivity contribution is 5.97. The van der Waals surface area contributed by atoms with Gasteiger partial charge in [0.2, 0.25) is 5.75 Å². The van der Waals surface area contributed by atoms with Gasteiger partial charge < -0.3 is 29.2 Å². The van der Waals surface area contributed by atoms with Crippen LogP contribution in [0.4, 0.5) is 11.4 Å². The number of fused-ring (bicyclic) bond motifs is 1. The SMILES string of the molecule is COc1cc(Nc2cc(C)cc3[nH]cc(C(C)OC=O)c23)cc(OC)c1OC. The second-order valence-electron chi connectivity index (χ2n) is 6.39. The zero-order chi connectivity index (χ0) is 20.3. The molecule has 0 spiro atoms. The Balaban J connectivity index is 2.12. The van der Waals surface area contributed by atoms with Crippen LogP contribution in [0.3, 0.4) is 0 Å². The van der Waals surface area contributed by atoms with Gasteiger partial charge in [0.05, 0.1) is 21.3 Å². The quantitative estimate of drug-likeness (QED) is 0.557. The van der Waals surface area contributed by atoms with E-state index in [1.54, 1.807) is 21.3 Å². The van der Waals surface area contributed by atoms with E-state index in [1.807, 2.05) is 44.3 Å².